The number of nitrogens with zero attached hydrogens (tertiary/aromatic N) is 2. The van der Waals surface area contributed by atoms with E-state index in [4.69, 9.17) is 9.15 Å². The molecule has 0 unspecified atom stereocenters. The molecule has 0 atom stereocenters. The number of hydrogen-bond donors (Lipinski definition) is 0. The van der Waals surface area contributed by atoms with Crippen molar-refractivity contribution in [2.24, 2.45) is 0 Å². The van der Waals surface area contributed by atoms with Gasteiger partial charge in [-0.1, -0.05) is 18.6 Å². The van der Waals surface area contributed by atoms with Crippen molar-refractivity contribution in [2.75, 3.05) is 26.2 Å². The monoisotopic (exact) mass is 454 g/mol. The Morgan fingerprint density at radius 2 is 1.84 bits per heavy atom. The van der Waals surface area contributed by atoms with Gasteiger partial charge in [0.2, 0.25) is 0 Å². The fraction of sp³-hybridized carbons (Fsp3) is 0.500. The van der Waals surface area contributed by atoms with E-state index in [2.05, 4.69) is 55.1 Å². The first-order valence-electron chi connectivity index (χ1n) is 9.17. The molecule has 4 nitrogen and oxygen atoms in total. The molecule has 1 aliphatic heterocycles. The van der Waals surface area contributed by atoms with Gasteiger partial charge in [0, 0.05) is 36.0 Å². The highest BCUT2D eigenvalue weighted by atomic mass is 127. The van der Waals surface area contributed by atoms with Crippen molar-refractivity contribution < 1.29 is 9.15 Å². The first kappa shape index (κ1) is 18.7. The molecule has 0 spiro atoms. The van der Waals surface area contributed by atoms with E-state index in [1.165, 1.54) is 37.9 Å². The predicted octanol–water partition coefficient (Wildman–Crippen LogP) is 4.89. The molecule has 0 radical (unpaired) electrons. The van der Waals surface area contributed by atoms with Crippen LogP contribution in [-0.4, -0.2) is 34.3 Å². The standard InChI is InChI=1S/C20H27IN2O2/c21-23(17-20-6-4-14-25-20)16-18-7-9-19(10-8-18)24-15-5-13-22-11-2-1-3-12-22/h4,6-10,14H,1-3,5,11-13,15-17H2. The van der Waals surface area contributed by atoms with Crippen molar-refractivity contribution in [3.05, 3.63) is 54.0 Å². The number of rotatable bonds is 9. The Labute approximate surface area is 164 Å². The lowest BCUT2D eigenvalue weighted by Gasteiger charge is -2.26. The number of likely N-dealkylation sites (tertiary alicyclic amines) is 1. The minimum atomic E-state index is 0.798. The highest BCUT2D eigenvalue weighted by Crippen LogP contribution is 2.18. The van der Waals surface area contributed by atoms with Crippen LogP contribution in [0.3, 0.4) is 0 Å². The zero-order chi connectivity index (χ0) is 17.3. The van der Waals surface area contributed by atoms with Crippen molar-refractivity contribution in [1.29, 1.82) is 0 Å². The number of ether oxygens (including phenoxy) is 1. The van der Waals surface area contributed by atoms with E-state index < -0.39 is 0 Å². The first-order chi connectivity index (χ1) is 12.3. The average Bonchev–Trinajstić information content (AvgIpc) is 3.14. The van der Waals surface area contributed by atoms with Crippen molar-refractivity contribution in [3.63, 3.8) is 0 Å². The van der Waals surface area contributed by atoms with Gasteiger partial charge in [-0.15, -0.1) is 0 Å². The molecule has 136 valence electrons. The van der Waals surface area contributed by atoms with E-state index >= 15 is 0 Å². The Balaban J connectivity index is 1.35. The maximum absolute atomic E-state index is 5.89. The van der Waals surface area contributed by atoms with Gasteiger partial charge in [0.15, 0.2) is 0 Å². The molecule has 0 aliphatic carbocycles. The summed E-state index contributed by atoms with van der Waals surface area (Å²) in [5.74, 6) is 1.96. The van der Waals surface area contributed by atoms with Gasteiger partial charge in [0.25, 0.3) is 0 Å². The third-order valence-corrected chi connectivity index (χ3v) is 5.20. The minimum absolute atomic E-state index is 0.798. The fourth-order valence-electron chi connectivity index (χ4n) is 3.18. The molecule has 0 saturated carbocycles. The summed E-state index contributed by atoms with van der Waals surface area (Å²) in [5, 5.41) is 0. The smallest absolute Gasteiger partial charge is 0.119 e. The van der Waals surface area contributed by atoms with Crippen LogP contribution in [0.4, 0.5) is 0 Å². The Hall–Kier alpha value is -1.05. The van der Waals surface area contributed by atoms with Crippen LogP contribution in [0, 0.1) is 0 Å². The molecule has 0 bridgehead atoms. The Morgan fingerprint density at radius 1 is 1.04 bits per heavy atom. The van der Waals surface area contributed by atoms with Gasteiger partial charge < -0.3 is 14.1 Å². The molecule has 2 heterocycles. The molecule has 5 heteroatoms. The van der Waals surface area contributed by atoms with Crippen molar-refractivity contribution in [2.45, 2.75) is 38.8 Å². The van der Waals surface area contributed by atoms with Crippen LogP contribution in [-0.2, 0) is 13.1 Å². The lowest BCUT2D eigenvalue weighted by molar-refractivity contribution is 0.205. The summed E-state index contributed by atoms with van der Waals surface area (Å²) in [6.45, 7) is 6.18. The molecule has 1 fully saturated rings. The normalized spacial score (nSPS) is 15.6. The van der Waals surface area contributed by atoms with Crippen LogP contribution in [0.2, 0.25) is 0 Å². The van der Waals surface area contributed by atoms with Crippen LogP contribution in [0.15, 0.2) is 47.1 Å². The second kappa shape index (κ2) is 10.2. The summed E-state index contributed by atoms with van der Waals surface area (Å²) in [7, 11) is 0. The number of hydrogen-bond acceptors (Lipinski definition) is 4. The van der Waals surface area contributed by atoms with Crippen LogP contribution in [0.5, 0.6) is 5.75 Å². The first-order valence-corrected chi connectivity index (χ1v) is 10.1. The highest BCUT2D eigenvalue weighted by Gasteiger charge is 2.09. The van der Waals surface area contributed by atoms with Crippen LogP contribution >= 0.6 is 22.9 Å². The van der Waals surface area contributed by atoms with E-state index in [0.29, 0.717) is 0 Å². The SMILES string of the molecule is IN(Cc1ccc(OCCCN2CCCCC2)cc1)Cc1ccco1. The molecule has 0 N–H and O–H groups in total. The van der Waals surface area contributed by atoms with Gasteiger partial charge in [-0.25, -0.2) is 3.11 Å². The van der Waals surface area contributed by atoms with Crippen molar-refractivity contribution in [3.8, 4) is 5.75 Å². The molecule has 1 aliphatic rings. The largest absolute Gasteiger partial charge is 0.494 e. The van der Waals surface area contributed by atoms with E-state index in [9.17, 15) is 0 Å². The molecule has 0 amide bonds. The molecular weight excluding hydrogens is 427 g/mol. The van der Waals surface area contributed by atoms with Crippen LogP contribution < -0.4 is 4.74 Å². The predicted molar refractivity (Wildman–Crippen MR) is 109 cm³/mol. The molecule has 2 aromatic rings. The zero-order valence-electron chi connectivity index (χ0n) is 14.7. The molecular formula is C20H27IN2O2. The van der Waals surface area contributed by atoms with E-state index in [0.717, 1.165) is 44.2 Å². The third-order valence-electron chi connectivity index (χ3n) is 4.52. The van der Waals surface area contributed by atoms with Crippen molar-refractivity contribution in [1.82, 2.24) is 8.01 Å². The van der Waals surface area contributed by atoms with Crippen LogP contribution in [0.25, 0.3) is 0 Å². The summed E-state index contributed by atoms with van der Waals surface area (Å²) < 4.78 is 13.5. The second-order valence-electron chi connectivity index (χ2n) is 6.61. The lowest BCUT2D eigenvalue weighted by Crippen LogP contribution is -2.31. The summed E-state index contributed by atoms with van der Waals surface area (Å²) >= 11 is 2.34. The maximum Gasteiger partial charge on any atom is 0.119 e. The lowest BCUT2D eigenvalue weighted by atomic mass is 10.1. The quantitative estimate of drug-likeness (QED) is 0.307. The summed E-state index contributed by atoms with van der Waals surface area (Å²) in [4.78, 5) is 2.56. The van der Waals surface area contributed by atoms with Gasteiger partial charge in [0.1, 0.15) is 11.5 Å². The van der Waals surface area contributed by atoms with Gasteiger partial charge in [-0.3, -0.25) is 0 Å². The van der Waals surface area contributed by atoms with E-state index in [1.807, 2.05) is 12.1 Å². The Morgan fingerprint density at radius 3 is 2.56 bits per heavy atom. The van der Waals surface area contributed by atoms with E-state index in [-0.39, 0.29) is 0 Å². The third kappa shape index (κ3) is 6.64. The topological polar surface area (TPSA) is 28.9 Å². The van der Waals surface area contributed by atoms with Crippen molar-refractivity contribution >= 4 is 22.9 Å². The van der Waals surface area contributed by atoms with Crippen LogP contribution in [0.1, 0.15) is 37.0 Å². The molecule has 1 aromatic heterocycles. The van der Waals surface area contributed by atoms with Gasteiger partial charge in [0.05, 0.1) is 19.4 Å². The average molecular weight is 454 g/mol. The summed E-state index contributed by atoms with van der Waals surface area (Å²) in [5.41, 5.74) is 1.28. The Bertz CT molecular complexity index is 595. The maximum atomic E-state index is 5.89. The summed E-state index contributed by atoms with van der Waals surface area (Å²) in [6, 6.07) is 12.4. The molecule has 25 heavy (non-hydrogen) atoms. The Kier molecular flexibility index (Phi) is 7.63. The molecule has 1 aromatic carbocycles. The number of furan rings is 1. The van der Waals surface area contributed by atoms with Gasteiger partial charge >= 0.3 is 0 Å². The van der Waals surface area contributed by atoms with E-state index in [1.54, 1.807) is 6.26 Å². The fourth-order valence-corrected chi connectivity index (χ4v) is 3.91. The van der Waals surface area contributed by atoms with Gasteiger partial charge in [-0.05, 0) is 62.2 Å². The number of benzene rings is 1. The summed E-state index contributed by atoms with van der Waals surface area (Å²) in [6.07, 6.45) is 6.94. The second-order valence-corrected chi connectivity index (χ2v) is 7.97. The minimum Gasteiger partial charge on any atom is -0.494 e. The number of halogens is 1. The highest BCUT2D eigenvalue weighted by molar-refractivity contribution is 14.1. The molecule has 3 rings (SSSR count). The zero-order valence-corrected chi connectivity index (χ0v) is 16.9. The van der Waals surface area contributed by atoms with Gasteiger partial charge in [-0.2, -0.15) is 0 Å². The number of piperidine rings is 1. The molecule has 1 saturated heterocycles.